The fraction of sp³-hybridized carbons (Fsp3) is 0. The maximum atomic E-state index is 11.7. The summed E-state index contributed by atoms with van der Waals surface area (Å²) in [4.78, 5) is 18.6. The molecule has 1 aromatic carbocycles. The van der Waals surface area contributed by atoms with Crippen LogP contribution in [0.5, 0.6) is 0 Å². The van der Waals surface area contributed by atoms with Crippen molar-refractivity contribution in [2.75, 3.05) is 0 Å². The Labute approximate surface area is 85.4 Å². The molecule has 3 rings (SSSR count). The van der Waals surface area contributed by atoms with Crippen molar-refractivity contribution in [3.05, 3.63) is 53.1 Å². The normalized spacial score (nSPS) is 10.9. The third-order valence-corrected chi connectivity index (χ3v) is 2.52. The molecule has 3 aromatic rings. The van der Waals surface area contributed by atoms with Crippen LogP contribution in [0.15, 0.2) is 47.5 Å². The summed E-state index contributed by atoms with van der Waals surface area (Å²) in [6, 6.07) is 9.49. The number of pyridine rings is 2. The molecule has 0 unspecified atom stereocenters. The van der Waals surface area contributed by atoms with E-state index in [9.17, 15) is 4.79 Å². The summed E-state index contributed by atoms with van der Waals surface area (Å²) in [7, 11) is 0. The molecule has 0 amide bonds. The van der Waals surface area contributed by atoms with Crippen LogP contribution in [0.1, 0.15) is 0 Å². The van der Waals surface area contributed by atoms with E-state index in [1.165, 1.54) is 0 Å². The number of rotatable bonds is 0. The molecular weight excluding hydrogens is 188 g/mol. The molecule has 0 aliphatic rings. The summed E-state index contributed by atoms with van der Waals surface area (Å²) in [5.41, 5.74) is 0.785. The van der Waals surface area contributed by atoms with Gasteiger partial charge >= 0.3 is 0 Å². The van der Waals surface area contributed by atoms with Crippen LogP contribution in [0.2, 0.25) is 0 Å². The molecular formula is C12H8N2O. The molecule has 72 valence electrons. The molecule has 3 heteroatoms. The minimum Gasteiger partial charge on any atom is -0.329 e. The Morgan fingerprint density at radius 2 is 2.07 bits per heavy atom. The zero-order valence-corrected chi connectivity index (χ0v) is 7.90. The molecule has 0 atom stereocenters. The quantitative estimate of drug-likeness (QED) is 0.559. The van der Waals surface area contributed by atoms with Crippen LogP contribution in [0.25, 0.3) is 21.7 Å². The van der Waals surface area contributed by atoms with Crippen molar-refractivity contribution >= 4 is 21.7 Å². The van der Waals surface area contributed by atoms with Gasteiger partial charge in [-0.1, -0.05) is 12.1 Å². The molecule has 2 heterocycles. The van der Waals surface area contributed by atoms with Gasteiger partial charge in [0, 0.05) is 17.8 Å². The predicted molar refractivity (Wildman–Crippen MR) is 59.9 cm³/mol. The van der Waals surface area contributed by atoms with Gasteiger partial charge in [-0.05, 0) is 23.6 Å². The van der Waals surface area contributed by atoms with E-state index in [0.717, 1.165) is 16.3 Å². The second-order valence-electron chi connectivity index (χ2n) is 3.41. The van der Waals surface area contributed by atoms with Crippen LogP contribution in [-0.4, -0.2) is 9.97 Å². The van der Waals surface area contributed by atoms with E-state index < -0.39 is 0 Å². The average molecular weight is 196 g/mol. The number of nitrogens with zero attached hydrogens (tertiary/aromatic N) is 1. The third-order valence-electron chi connectivity index (χ3n) is 2.52. The van der Waals surface area contributed by atoms with Crippen molar-refractivity contribution < 1.29 is 0 Å². The van der Waals surface area contributed by atoms with Gasteiger partial charge in [-0.2, -0.15) is 0 Å². The lowest BCUT2D eigenvalue weighted by molar-refractivity contribution is 1.28. The van der Waals surface area contributed by atoms with E-state index in [4.69, 9.17) is 0 Å². The molecule has 2 aromatic heterocycles. The number of benzene rings is 1. The Morgan fingerprint density at radius 1 is 1.13 bits per heavy atom. The maximum absolute atomic E-state index is 11.7. The Bertz CT molecular complexity index is 700. The predicted octanol–water partition coefficient (Wildman–Crippen LogP) is 2.08. The molecule has 0 spiro atoms. The number of nitrogens with one attached hydrogen (secondary N) is 1. The highest BCUT2D eigenvalue weighted by Crippen LogP contribution is 2.19. The van der Waals surface area contributed by atoms with Crippen LogP contribution in [-0.2, 0) is 0 Å². The highest BCUT2D eigenvalue weighted by molar-refractivity contribution is 6.05. The number of hydrogen-bond donors (Lipinski definition) is 1. The molecule has 0 aliphatic heterocycles. The third kappa shape index (κ3) is 1.13. The zero-order valence-electron chi connectivity index (χ0n) is 7.90. The summed E-state index contributed by atoms with van der Waals surface area (Å²) < 4.78 is 0. The van der Waals surface area contributed by atoms with Crippen molar-refractivity contribution in [1.82, 2.24) is 9.97 Å². The molecule has 0 radical (unpaired) electrons. The van der Waals surface area contributed by atoms with Crippen LogP contribution >= 0.6 is 0 Å². The van der Waals surface area contributed by atoms with Crippen LogP contribution < -0.4 is 5.56 Å². The SMILES string of the molecule is O=c1[nH]ccc2ccc3ncccc3c12. The summed E-state index contributed by atoms with van der Waals surface area (Å²) in [6.07, 6.45) is 3.39. The van der Waals surface area contributed by atoms with Gasteiger partial charge in [-0.25, -0.2) is 0 Å². The highest BCUT2D eigenvalue weighted by Gasteiger charge is 2.03. The van der Waals surface area contributed by atoms with Crippen molar-refractivity contribution in [1.29, 1.82) is 0 Å². The number of aromatic nitrogens is 2. The zero-order chi connectivity index (χ0) is 10.3. The van der Waals surface area contributed by atoms with Gasteiger partial charge < -0.3 is 4.98 Å². The van der Waals surface area contributed by atoms with Crippen LogP contribution in [0.3, 0.4) is 0 Å². The number of fused-ring (bicyclic) bond motifs is 3. The van der Waals surface area contributed by atoms with E-state index in [2.05, 4.69) is 9.97 Å². The molecule has 0 saturated heterocycles. The number of hydrogen-bond acceptors (Lipinski definition) is 2. The van der Waals surface area contributed by atoms with Gasteiger partial charge in [0.05, 0.1) is 10.9 Å². The number of H-pyrrole nitrogens is 1. The van der Waals surface area contributed by atoms with Crippen LogP contribution in [0.4, 0.5) is 0 Å². The highest BCUT2D eigenvalue weighted by atomic mass is 16.1. The van der Waals surface area contributed by atoms with Crippen molar-refractivity contribution in [2.45, 2.75) is 0 Å². The van der Waals surface area contributed by atoms with E-state index >= 15 is 0 Å². The lowest BCUT2D eigenvalue weighted by Crippen LogP contribution is -2.04. The van der Waals surface area contributed by atoms with E-state index in [1.54, 1.807) is 12.4 Å². The lowest BCUT2D eigenvalue weighted by atomic mass is 10.1. The fourth-order valence-corrected chi connectivity index (χ4v) is 1.84. The van der Waals surface area contributed by atoms with Gasteiger partial charge in [0.2, 0.25) is 0 Å². The molecule has 15 heavy (non-hydrogen) atoms. The Kier molecular flexibility index (Phi) is 1.59. The number of aromatic amines is 1. The Morgan fingerprint density at radius 3 is 3.00 bits per heavy atom. The molecule has 0 aliphatic carbocycles. The van der Waals surface area contributed by atoms with Gasteiger partial charge in [0.25, 0.3) is 5.56 Å². The van der Waals surface area contributed by atoms with Crippen molar-refractivity contribution in [2.24, 2.45) is 0 Å². The lowest BCUT2D eigenvalue weighted by Gasteiger charge is -2.00. The first kappa shape index (κ1) is 8.17. The smallest absolute Gasteiger partial charge is 0.256 e. The monoisotopic (exact) mass is 196 g/mol. The van der Waals surface area contributed by atoms with E-state index in [0.29, 0.717) is 5.39 Å². The first-order valence-corrected chi connectivity index (χ1v) is 4.71. The van der Waals surface area contributed by atoms with Gasteiger partial charge in [0.1, 0.15) is 0 Å². The molecule has 1 N–H and O–H groups in total. The van der Waals surface area contributed by atoms with Gasteiger partial charge in [0.15, 0.2) is 0 Å². The van der Waals surface area contributed by atoms with Crippen molar-refractivity contribution in [3.8, 4) is 0 Å². The minimum atomic E-state index is -0.0638. The topological polar surface area (TPSA) is 45.8 Å². The minimum absolute atomic E-state index is 0.0638. The Hall–Kier alpha value is -2.16. The molecule has 0 fully saturated rings. The second-order valence-corrected chi connectivity index (χ2v) is 3.41. The fourth-order valence-electron chi connectivity index (χ4n) is 1.84. The summed E-state index contributed by atoms with van der Waals surface area (Å²) in [5.74, 6) is 0. The Balaban J connectivity index is 2.70. The largest absolute Gasteiger partial charge is 0.329 e. The summed E-state index contributed by atoms with van der Waals surface area (Å²) in [6.45, 7) is 0. The van der Waals surface area contributed by atoms with Gasteiger partial charge in [-0.15, -0.1) is 0 Å². The summed E-state index contributed by atoms with van der Waals surface area (Å²) >= 11 is 0. The molecule has 0 saturated carbocycles. The second kappa shape index (κ2) is 2.92. The molecule has 3 nitrogen and oxygen atoms in total. The average Bonchev–Trinajstić information content (AvgIpc) is 2.29. The summed E-state index contributed by atoms with van der Waals surface area (Å²) in [5, 5.41) is 2.55. The first-order chi connectivity index (χ1) is 7.36. The van der Waals surface area contributed by atoms with E-state index in [1.807, 2.05) is 30.3 Å². The maximum Gasteiger partial charge on any atom is 0.256 e. The van der Waals surface area contributed by atoms with E-state index in [-0.39, 0.29) is 5.56 Å². The van der Waals surface area contributed by atoms with Crippen LogP contribution in [0, 0.1) is 0 Å². The molecule has 0 bridgehead atoms. The standard InChI is InChI=1S/C12H8N2O/c15-12-11-8(5-7-14-12)3-4-10-9(11)2-1-6-13-10/h1-7H,(H,14,15). The van der Waals surface area contributed by atoms with Gasteiger partial charge in [-0.3, -0.25) is 9.78 Å². The van der Waals surface area contributed by atoms with Crippen molar-refractivity contribution in [3.63, 3.8) is 0 Å². The first-order valence-electron chi connectivity index (χ1n) is 4.71.